The van der Waals surface area contributed by atoms with Gasteiger partial charge in [0, 0.05) is 36.6 Å². The first-order chi connectivity index (χ1) is 16.7. The van der Waals surface area contributed by atoms with E-state index < -0.39 is 43.3 Å². The van der Waals surface area contributed by atoms with Crippen LogP contribution in [-0.4, -0.2) is 47.4 Å². The molecule has 1 saturated heterocycles. The number of nitrogens with zero attached hydrogens (tertiary/aromatic N) is 4. The molecule has 0 bridgehead atoms. The van der Waals surface area contributed by atoms with Gasteiger partial charge in [0.05, 0.1) is 18.8 Å². The van der Waals surface area contributed by atoms with Gasteiger partial charge in [0.15, 0.2) is 0 Å². The number of esters is 1. The van der Waals surface area contributed by atoms with Crippen LogP contribution in [0.3, 0.4) is 0 Å². The van der Waals surface area contributed by atoms with Gasteiger partial charge in [0.1, 0.15) is 18.6 Å². The van der Waals surface area contributed by atoms with Gasteiger partial charge in [0.25, 0.3) is 5.56 Å². The fourth-order valence-corrected chi connectivity index (χ4v) is 4.61. The standard InChI is InChI=1S/C20H25N6O8P/c1-13-11-26(20(29)23-19(13)28)18-10-16(24-25-21)17(33-18)12-32-35(30,22-8-9-31-14(2)27)34-15-6-4-3-5-7-15/h3-7,11,16-18H,8-10,12H2,1-2H3,(H,22,30)(H,23,28,29)/t16-,17+,18+,35?/m0/s1. The lowest BCUT2D eigenvalue weighted by atomic mass is 10.1. The zero-order valence-electron chi connectivity index (χ0n) is 19.0. The van der Waals surface area contributed by atoms with E-state index in [9.17, 15) is 18.9 Å². The number of aromatic nitrogens is 2. The molecule has 0 amide bonds. The molecule has 1 aliphatic heterocycles. The summed E-state index contributed by atoms with van der Waals surface area (Å²) in [4.78, 5) is 39.9. The molecule has 0 aliphatic carbocycles. The summed E-state index contributed by atoms with van der Waals surface area (Å²) in [6, 6.07) is 7.54. The highest BCUT2D eigenvalue weighted by atomic mass is 31.2. The van der Waals surface area contributed by atoms with Gasteiger partial charge in [-0.2, -0.15) is 0 Å². The molecular weight excluding hydrogens is 483 g/mol. The number of azide groups is 1. The summed E-state index contributed by atoms with van der Waals surface area (Å²) in [6.45, 7) is 2.37. The van der Waals surface area contributed by atoms with E-state index in [0.29, 0.717) is 5.56 Å². The minimum Gasteiger partial charge on any atom is -0.465 e. The average Bonchev–Trinajstić information content (AvgIpc) is 3.21. The average molecular weight is 508 g/mol. The van der Waals surface area contributed by atoms with Crippen molar-refractivity contribution in [2.45, 2.75) is 38.6 Å². The molecule has 2 aromatic rings. The van der Waals surface area contributed by atoms with Crippen LogP contribution in [0.2, 0.25) is 0 Å². The normalized spacial score (nSPS) is 21.0. The largest absolute Gasteiger partial charge is 0.465 e. The summed E-state index contributed by atoms with van der Waals surface area (Å²) in [5.74, 6) is -0.232. The number of nitrogens with one attached hydrogen (secondary N) is 2. The Morgan fingerprint density at radius 3 is 2.80 bits per heavy atom. The second-order valence-electron chi connectivity index (χ2n) is 7.56. The van der Waals surface area contributed by atoms with Crippen molar-refractivity contribution < 1.29 is 27.9 Å². The van der Waals surface area contributed by atoms with E-state index in [0.717, 1.165) is 0 Å². The summed E-state index contributed by atoms with van der Waals surface area (Å²) >= 11 is 0. The minimum absolute atomic E-state index is 0.0241. The molecular formula is C20H25N6O8P. The first-order valence-electron chi connectivity index (χ1n) is 10.6. The van der Waals surface area contributed by atoms with Crippen molar-refractivity contribution in [1.82, 2.24) is 14.6 Å². The van der Waals surface area contributed by atoms with Gasteiger partial charge < -0.3 is 14.0 Å². The molecule has 1 aromatic carbocycles. The Morgan fingerprint density at radius 2 is 2.11 bits per heavy atom. The van der Waals surface area contributed by atoms with Gasteiger partial charge in [-0.3, -0.25) is 23.7 Å². The lowest BCUT2D eigenvalue weighted by Crippen LogP contribution is -2.33. The maximum atomic E-state index is 13.4. The highest BCUT2D eigenvalue weighted by Gasteiger charge is 2.39. The third-order valence-corrected chi connectivity index (χ3v) is 6.50. The quantitative estimate of drug-likeness (QED) is 0.114. The Kier molecular flexibility index (Phi) is 8.85. The molecule has 4 atom stereocenters. The summed E-state index contributed by atoms with van der Waals surface area (Å²) < 4.78 is 36.4. The van der Waals surface area contributed by atoms with Crippen LogP contribution in [0.5, 0.6) is 5.75 Å². The van der Waals surface area contributed by atoms with E-state index in [1.807, 2.05) is 0 Å². The molecule has 1 fully saturated rings. The number of carbonyl (C=O) groups is 1. The van der Waals surface area contributed by atoms with Crippen LogP contribution in [-0.2, 0) is 23.4 Å². The SMILES string of the molecule is CC(=O)OCCNP(=O)(OC[C@H]1O[C@@H](n2cc(C)c(=O)[nH]c2=O)C[C@@H]1N=[N+]=[N-])Oc1ccccc1. The van der Waals surface area contributed by atoms with Gasteiger partial charge in [0.2, 0.25) is 0 Å². The first-order valence-corrected chi connectivity index (χ1v) is 12.1. The Bertz CT molecular complexity index is 1240. The number of hydrogen-bond acceptors (Lipinski definition) is 9. The Morgan fingerprint density at radius 1 is 1.37 bits per heavy atom. The van der Waals surface area contributed by atoms with Crippen LogP contribution in [0, 0.1) is 6.92 Å². The molecule has 2 heterocycles. The van der Waals surface area contributed by atoms with Crippen molar-refractivity contribution in [3.63, 3.8) is 0 Å². The molecule has 35 heavy (non-hydrogen) atoms. The van der Waals surface area contributed by atoms with E-state index in [1.165, 1.54) is 24.6 Å². The maximum Gasteiger partial charge on any atom is 0.458 e. The summed E-state index contributed by atoms with van der Waals surface area (Å²) in [5.41, 5.74) is 8.06. The van der Waals surface area contributed by atoms with Crippen LogP contribution in [0.25, 0.3) is 10.4 Å². The number of hydrogen-bond donors (Lipinski definition) is 2. The zero-order valence-corrected chi connectivity index (χ0v) is 19.9. The van der Waals surface area contributed by atoms with Crippen LogP contribution in [0.15, 0.2) is 51.2 Å². The van der Waals surface area contributed by atoms with Crippen LogP contribution in [0.1, 0.15) is 25.1 Å². The van der Waals surface area contributed by atoms with Gasteiger partial charge in [-0.15, -0.1) is 0 Å². The zero-order chi connectivity index (χ0) is 25.4. The van der Waals surface area contributed by atoms with Crippen LogP contribution < -0.4 is 20.9 Å². The van der Waals surface area contributed by atoms with Crippen molar-refractivity contribution in [2.75, 3.05) is 19.8 Å². The number of aryl methyl sites for hydroxylation is 1. The molecule has 2 N–H and O–H groups in total. The minimum atomic E-state index is -3.99. The summed E-state index contributed by atoms with van der Waals surface area (Å²) in [5, 5.41) is 6.33. The number of aromatic amines is 1. The van der Waals surface area contributed by atoms with Crippen LogP contribution in [0.4, 0.5) is 0 Å². The fraction of sp³-hybridized carbons (Fsp3) is 0.450. The molecule has 1 aromatic heterocycles. The monoisotopic (exact) mass is 508 g/mol. The predicted octanol–water partition coefficient (Wildman–Crippen LogP) is 2.17. The van der Waals surface area contributed by atoms with E-state index in [4.69, 9.17) is 24.1 Å². The summed E-state index contributed by atoms with van der Waals surface area (Å²) in [7, 11) is -3.99. The molecule has 14 nitrogen and oxygen atoms in total. The second-order valence-corrected chi connectivity index (χ2v) is 9.31. The molecule has 0 saturated carbocycles. The number of rotatable bonds is 11. The first kappa shape index (κ1) is 26.2. The predicted molar refractivity (Wildman–Crippen MR) is 123 cm³/mol. The van der Waals surface area contributed by atoms with Gasteiger partial charge in [-0.25, -0.2) is 14.4 Å². The highest BCUT2D eigenvalue weighted by molar-refractivity contribution is 7.52. The van der Waals surface area contributed by atoms with Gasteiger partial charge in [-0.05, 0) is 24.6 Å². The molecule has 0 radical (unpaired) electrons. The van der Waals surface area contributed by atoms with Gasteiger partial charge in [-0.1, -0.05) is 23.3 Å². The van der Waals surface area contributed by atoms with Crippen molar-refractivity contribution in [1.29, 1.82) is 0 Å². The lowest BCUT2D eigenvalue weighted by molar-refractivity contribution is -0.140. The second kappa shape index (κ2) is 11.8. The molecule has 188 valence electrons. The summed E-state index contributed by atoms with van der Waals surface area (Å²) in [6.07, 6.45) is -0.262. The third-order valence-electron chi connectivity index (χ3n) is 4.95. The number of para-hydroxylation sites is 1. The molecule has 1 aliphatic rings. The number of carbonyl (C=O) groups excluding carboxylic acids is 1. The molecule has 3 rings (SSSR count). The Hall–Kier alpha value is -3.41. The van der Waals surface area contributed by atoms with E-state index in [2.05, 4.69) is 20.1 Å². The van der Waals surface area contributed by atoms with Crippen molar-refractivity contribution in [2.24, 2.45) is 5.11 Å². The number of ether oxygens (including phenoxy) is 2. The molecule has 1 unspecified atom stereocenters. The topological polar surface area (TPSA) is 187 Å². The highest BCUT2D eigenvalue weighted by Crippen LogP contribution is 2.45. The van der Waals surface area contributed by atoms with Crippen molar-refractivity contribution >= 4 is 13.7 Å². The van der Waals surface area contributed by atoms with Gasteiger partial charge >= 0.3 is 19.4 Å². The molecule has 15 heteroatoms. The van der Waals surface area contributed by atoms with E-state index in [-0.39, 0.29) is 31.9 Å². The molecule has 0 spiro atoms. The maximum absolute atomic E-state index is 13.4. The van der Waals surface area contributed by atoms with Crippen molar-refractivity contribution in [3.05, 3.63) is 73.4 Å². The van der Waals surface area contributed by atoms with Crippen LogP contribution >= 0.6 is 7.75 Å². The lowest BCUT2D eigenvalue weighted by Gasteiger charge is -2.23. The fourth-order valence-electron chi connectivity index (χ4n) is 3.30. The third kappa shape index (κ3) is 7.28. The number of H-pyrrole nitrogens is 1. The number of benzene rings is 1. The van der Waals surface area contributed by atoms with E-state index >= 15 is 0 Å². The Labute approximate surface area is 199 Å². The Balaban J connectivity index is 1.74. The van der Waals surface area contributed by atoms with Crippen molar-refractivity contribution in [3.8, 4) is 5.75 Å². The van der Waals surface area contributed by atoms with E-state index in [1.54, 1.807) is 30.3 Å². The smallest absolute Gasteiger partial charge is 0.458 e.